The number of rotatable bonds is 4. The van der Waals surface area contributed by atoms with Crippen molar-refractivity contribution in [3.05, 3.63) is 11.8 Å². The van der Waals surface area contributed by atoms with Gasteiger partial charge in [0.15, 0.2) is 5.76 Å². The molecule has 0 rings (SSSR count). The minimum absolute atomic E-state index is 0.331. The first kappa shape index (κ1) is 13.2. The second-order valence-corrected chi connectivity index (χ2v) is 8.57. The molecule has 0 amide bonds. The molecular formula is C10H20O3Si. The number of hydrogen-bond acceptors (Lipinski definition) is 3. The highest BCUT2D eigenvalue weighted by atomic mass is 28.4. The fourth-order valence-electron chi connectivity index (χ4n) is 0.720. The van der Waals surface area contributed by atoms with E-state index in [-0.39, 0.29) is 0 Å². The molecule has 0 N–H and O–H groups in total. The van der Waals surface area contributed by atoms with Crippen molar-refractivity contribution in [1.29, 1.82) is 0 Å². The minimum Gasteiger partial charge on any atom is -0.539 e. The Balaban J connectivity index is 4.56. The zero-order valence-electron chi connectivity index (χ0n) is 9.88. The lowest BCUT2D eigenvalue weighted by molar-refractivity contribution is -0.138. The predicted molar refractivity (Wildman–Crippen MR) is 59.4 cm³/mol. The fourth-order valence-corrected chi connectivity index (χ4v) is 1.72. The molecule has 0 aromatic carbocycles. The predicted octanol–water partition coefficient (Wildman–Crippen LogP) is 2.69. The summed E-state index contributed by atoms with van der Waals surface area (Å²) in [6.45, 7) is 10.2. The summed E-state index contributed by atoms with van der Waals surface area (Å²) in [5.41, 5.74) is 0.460. The third kappa shape index (κ3) is 3.53. The lowest BCUT2D eigenvalue weighted by Crippen LogP contribution is -2.35. The molecule has 0 saturated carbocycles. The topological polar surface area (TPSA) is 35.5 Å². The van der Waals surface area contributed by atoms with Gasteiger partial charge in [-0.3, -0.25) is 0 Å². The zero-order valence-corrected chi connectivity index (χ0v) is 10.9. The van der Waals surface area contributed by atoms with E-state index in [1.165, 1.54) is 7.11 Å². The molecule has 14 heavy (non-hydrogen) atoms. The highest BCUT2D eigenvalue weighted by Gasteiger charge is 2.31. The zero-order chi connectivity index (χ0) is 11.4. The van der Waals surface area contributed by atoms with Crippen molar-refractivity contribution in [2.45, 2.75) is 39.4 Å². The van der Waals surface area contributed by atoms with Crippen molar-refractivity contribution in [3.8, 4) is 0 Å². The van der Waals surface area contributed by atoms with Gasteiger partial charge in [-0.25, -0.2) is 4.79 Å². The van der Waals surface area contributed by atoms with Crippen molar-refractivity contribution in [2.75, 3.05) is 7.11 Å². The van der Waals surface area contributed by atoms with Gasteiger partial charge in [-0.15, -0.1) is 0 Å². The average Bonchev–Trinajstić information content (AvgIpc) is 2.12. The Labute approximate surface area is 87.2 Å². The Hall–Kier alpha value is -0.773. The third-order valence-electron chi connectivity index (χ3n) is 2.41. The quantitative estimate of drug-likeness (QED) is 0.314. The van der Waals surface area contributed by atoms with Crippen molar-refractivity contribution >= 4 is 14.3 Å². The molecule has 3 nitrogen and oxygen atoms in total. The smallest absolute Gasteiger partial charge is 0.371 e. The first-order valence-electron chi connectivity index (χ1n) is 4.78. The molecule has 0 heterocycles. The molecule has 0 aromatic rings. The number of carbonyl (C=O) groups excluding carboxylic acids is 1. The van der Waals surface area contributed by atoms with Crippen molar-refractivity contribution in [1.82, 2.24) is 0 Å². The van der Waals surface area contributed by atoms with Crippen LogP contribution in [0.2, 0.25) is 18.6 Å². The summed E-state index contributed by atoms with van der Waals surface area (Å²) in [6.07, 6.45) is 1.66. The van der Waals surface area contributed by atoms with Crippen LogP contribution in [0, 0.1) is 0 Å². The fraction of sp³-hybridized carbons (Fsp3) is 0.700. The molecule has 0 unspecified atom stereocenters. The SMILES string of the molecule is CC=C(O[Si](C)(C)C(C)C)C(=O)OC. The van der Waals surface area contributed by atoms with E-state index in [4.69, 9.17) is 4.43 Å². The number of esters is 1. The number of hydrogen-bond donors (Lipinski definition) is 0. The second-order valence-electron chi connectivity index (χ2n) is 4.00. The summed E-state index contributed by atoms with van der Waals surface area (Å²) in [5.74, 6) is -0.0633. The average molecular weight is 216 g/mol. The van der Waals surface area contributed by atoms with E-state index in [1.54, 1.807) is 13.0 Å². The van der Waals surface area contributed by atoms with E-state index < -0.39 is 14.3 Å². The van der Waals surface area contributed by atoms with Crippen LogP contribution in [0.3, 0.4) is 0 Å². The van der Waals surface area contributed by atoms with Crippen molar-refractivity contribution < 1.29 is 14.0 Å². The maximum Gasteiger partial charge on any atom is 0.371 e. The first-order valence-corrected chi connectivity index (χ1v) is 7.77. The van der Waals surface area contributed by atoms with Crippen LogP contribution in [-0.2, 0) is 14.0 Å². The highest BCUT2D eigenvalue weighted by Crippen LogP contribution is 2.24. The second kappa shape index (κ2) is 5.19. The van der Waals surface area contributed by atoms with Gasteiger partial charge in [0, 0.05) is 0 Å². The Kier molecular flexibility index (Phi) is 4.91. The van der Waals surface area contributed by atoms with Crippen LogP contribution in [0.25, 0.3) is 0 Å². The molecule has 0 aliphatic carbocycles. The van der Waals surface area contributed by atoms with Gasteiger partial charge in [-0.05, 0) is 31.6 Å². The molecule has 0 aliphatic rings. The first-order chi connectivity index (χ1) is 6.35. The van der Waals surface area contributed by atoms with Gasteiger partial charge in [0.2, 0.25) is 8.32 Å². The van der Waals surface area contributed by atoms with Gasteiger partial charge in [0.25, 0.3) is 0 Å². The van der Waals surface area contributed by atoms with Gasteiger partial charge < -0.3 is 9.16 Å². The molecule has 0 radical (unpaired) electrons. The summed E-state index contributed by atoms with van der Waals surface area (Å²) in [4.78, 5) is 11.3. The Morgan fingerprint density at radius 3 is 2.14 bits per heavy atom. The largest absolute Gasteiger partial charge is 0.539 e. The van der Waals surface area contributed by atoms with Crippen LogP contribution in [0.1, 0.15) is 20.8 Å². The van der Waals surface area contributed by atoms with Crippen LogP contribution < -0.4 is 0 Å². The standard InChI is InChI=1S/C10H20O3Si/c1-7-9(10(11)12-4)13-14(5,6)8(2)3/h7-8H,1-6H3. The van der Waals surface area contributed by atoms with Crippen molar-refractivity contribution in [2.24, 2.45) is 0 Å². The van der Waals surface area contributed by atoms with Gasteiger partial charge in [-0.1, -0.05) is 13.8 Å². The molecule has 0 bridgehead atoms. The molecule has 0 saturated heterocycles. The minimum atomic E-state index is -1.81. The molecule has 82 valence electrons. The summed E-state index contributed by atoms with van der Waals surface area (Å²) in [6, 6.07) is 0. The molecule has 0 fully saturated rings. The maximum atomic E-state index is 11.3. The van der Waals surface area contributed by atoms with Crippen LogP contribution >= 0.6 is 0 Å². The lowest BCUT2D eigenvalue weighted by atomic mass is 10.5. The molecule has 0 aliphatic heterocycles. The van der Waals surface area contributed by atoms with E-state index in [1.807, 2.05) is 0 Å². The highest BCUT2D eigenvalue weighted by molar-refractivity contribution is 6.72. The third-order valence-corrected chi connectivity index (χ3v) is 5.94. The molecule has 4 heteroatoms. The molecule has 0 atom stereocenters. The van der Waals surface area contributed by atoms with Crippen LogP contribution in [-0.4, -0.2) is 21.4 Å². The van der Waals surface area contributed by atoms with E-state index in [0.717, 1.165) is 0 Å². The molecule has 0 spiro atoms. The maximum absolute atomic E-state index is 11.3. The van der Waals surface area contributed by atoms with Crippen LogP contribution in [0.5, 0.6) is 0 Å². The number of methoxy groups -OCH3 is 1. The van der Waals surface area contributed by atoms with Gasteiger partial charge in [0.1, 0.15) is 0 Å². The monoisotopic (exact) mass is 216 g/mol. The van der Waals surface area contributed by atoms with Crippen LogP contribution in [0.15, 0.2) is 11.8 Å². The summed E-state index contributed by atoms with van der Waals surface area (Å²) in [5, 5.41) is 0. The van der Waals surface area contributed by atoms with Crippen LogP contribution in [0.4, 0.5) is 0 Å². The van der Waals surface area contributed by atoms with E-state index in [2.05, 4.69) is 31.7 Å². The lowest BCUT2D eigenvalue weighted by Gasteiger charge is -2.28. The van der Waals surface area contributed by atoms with E-state index >= 15 is 0 Å². The molecule has 0 aromatic heterocycles. The molecular weight excluding hydrogens is 196 g/mol. The summed E-state index contributed by atoms with van der Waals surface area (Å²) >= 11 is 0. The number of carbonyl (C=O) groups is 1. The van der Waals surface area contributed by atoms with Gasteiger partial charge >= 0.3 is 5.97 Å². The Bertz CT molecular complexity index is 232. The Morgan fingerprint density at radius 2 is 1.86 bits per heavy atom. The van der Waals surface area contributed by atoms with E-state index in [9.17, 15) is 4.79 Å². The summed E-state index contributed by atoms with van der Waals surface area (Å²) in [7, 11) is -0.453. The Morgan fingerprint density at radius 1 is 1.36 bits per heavy atom. The van der Waals surface area contributed by atoms with E-state index in [0.29, 0.717) is 11.3 Å². The summed E-state index contributed by atoms with van der Waals surface area (Å²) < 4.78 is 10.3. The van der Waals surface area contributed by atoms with Gasteiger partial charge in [0.05, 0.1) is 7.11 Å². The van der Waals surface area contributed by atoms with Gasteiger partial charge in [-0.2, -0.15) is 0 Å². The number of ether oxygens (including phenoxy) is 1. The van der Waals surface area contributed by atoms with Crippen molar-refractivity contribution in [3.63, 3.8) is 0 Å². The normalized spacial score (nSPS) is 12.9. The number of allylic oxidation sites excluding steroid dienone is 1.